The first kappa shape index (κ1) is 18.4. The number of hydrogen-bond acceptors (Lipinski definition) is 4. The lowest BCUT2D eigenvalue weighted by Crippen LogP contribution is -2.34. The van der Waals surface area contributed by atoms with Crippen LogP contribution in [0.5, 0.6) is 0 Å². The lowest BCUT2D eigenvalue weighted by atomic mass is 9.95. The fourth-order valence-corrected chi connectivity index (χ4v) is 5.54. The van der Waals surface area contributed by atoms with E-state index in [2.05, 4.69) is 11.1 Å². The van der Waals surface area contributed by atoms with Crippen LogP contribution in [-0.2, 0) is 22.4 Å². The molecule has 1 atom stereocenters. The third kappa shape index (κ3) is 3.46. The van der Waals surface area contributed by atoms with Crippen LogP contribution in [0.3, 0.4) is 0 Å². The quantitative estimate of drug-likeness (QED) is 0.640. The van der Waals surface area contributed by atoms with Crippen molar-refractivity contribution >= 4 is 34.1 Å². The Labute approximate surface area is 173 Å². The van der Waals surface area contributed by atoms with Crippen LogP contribution in [0.25, 0.3) is 10.9 Å². The van der Waals surface area contributed by atoms with Crippen molar-refractivity contribution in [3.8, 4) is 0 Å². The summed E-state index contributed by atoms with van der Waals surface area (Å²) in [4.78, 5) is 31.8. The van der Waals surface area contributed by atoms with Crippen LogP contribution in [-0.4, -0.2) is 34.9 Å². The summed E-state index contributed by atoms with van der Waals surface area (Å²) < 4.78 is 5.40. The number of fused-ring (bicyclic) bond motifs is 3. The van der Waals surface area contributed by atoms with Crippen molar-refractivity contribution in [3.05, 3.63) is 57.4 Å². The number of nitrogens with one attached hydrogen (secondary N) is 1. The molecule has 1 aliphatic heterocycles. The van der Waals surface area contributed by atoms with E-state index in [4.69, 9.17) is 4.74 Å². The number of amides is 1. The van der Waals surface area contributed by atoms with E-state index in [0.29, 0.717) is 5.56 Å². The molecule has 0 radical (unpaired) electrons. The van der Waals surface area contributed by atoms with Crippen molar-refractivity contribution < 1.29 is 14.3 Å². The molecule has 0 saturated carbocycles. The molecule has 1 saturated heterocycles. The summed E-state index contributed by atoms with van der Waals surface area (Å²) in [6, 6.07) is 9.83. The number of H-pyrrole nitrogens is 1. The molecule has 29 heavy (non-hydrogen) atoms. The average molecular weight is 409 g/mol. The van der Waals surface area contributed by atoms with E-state index in [1.54, 1.807) is 17.4 Å². The number of nitrogens with zero attached hydrogens (tertiary/aromatic N) is 1. The number of benzene rings is 1. The number of esters is 1. The maximum Gasteiger partial charge on any atom is 0.338 e. The van der Waals surface area contributed by atoms with Gasteiger partial charge in [0.2, 0.25) is 0 Å². The first-order valence-corrected chi connectivity index (χ1v) is 11.2. The minimum atomic E-state index is -0.433. The fraction of sp³-hybridized carbons (Fsp3) is 0.391. The number of likely N-dealkylation sites (tertiary alicyclic amines) is 1. The maximum atomic E-state index is 12.7. The zero-order valence-corrected chi connectivity index (χ0v) is 17.1. The number of thiophene rings is 1. The molecule has 1 fully saturated rings. The van der Waals surface area contributed by atoms with E-state index in [1.165, 1.54) is 29.0 Å². The Bertz CT molecular complexity index is 1050. The SMILES string of the molecule is O=C(OCC(=O)N1CCCC1c1cccs1)c1ccc2[nH]c3c(c2c1)CCCC3. The van der Waals surface area contributed by atoms with Crippen molar-refractivity contribution in [3.63, 3.8) is 0 Å². The Balaban J connectivity index is 1.27. The minimum absolute atomic E-state index is 0.115. The Kier molecular flexibility index (Phi) is 4.87. The van der Waals surface area contributed by atoms with Gasteiger partial charge >= 0.3 is 5.97 Å². The number of hydrogen-bond donors (Lipinski definition) is 1. The highest BCUT2D eigenvalue weighted by molar-refractivity contribution is 7.10. The van der Waals surface area contributed by atoms with Gasteiger partial charge in [-0.1, -0.05) is 6.07 Å². The number of rotatable bonds is 4. The Morgan fingerprint density at radius 1 is 1.17 bits per heavy atom. The molecule has 1 unspecified atom stereocenters. The van der Waals surface area contributed by atoms with Gasteiger partial charge in [-0.2, -0.15) is 0 Å². The van der Waals surface area contributed by atoms with Gasteiger partial charge in [-0.25, -0.2) is 4.79 Å². The van der Waals surface area contributed by atoms with Crippen molar-refractivity contribution in [2.24, 2.45) is 0 Å². The molecular weight excluding hydrogens is 384 g/mol. The van der Waals surface area contributed by atoms with Gasteiger partial charge in [0.1, 0.15) is 0 Å². The summed E-state index contributed by atoms with van der Waals surface area (Å²) >= 11 is 1.67. The normalized spacial score (nSPS) is 18.8. The monoisotopic (exact) mass is 408 g/mol. The molecule has 5 nitrogen and oxygen atoms in total. The van der Waals surface area contributed by atoms with Gasteiger partial charge in [-0.15, -0.1) is 11.3 Å². The molecule has 3 aromatic rings. The van der Waals surface area contributed by atoms with Gasteiger partial charge in [-0.05, 0) is 73.7 Å². The largest absolute Gasteiger partial charge is 0.452 e. The average Bonchev–Trinajstić information content (AvgIpc) is 3.50. The Morgan fingerprint density at radius 3 is 2.93 bits per heavy atom. The highest BCUT2D eigenvalue weighted by Gasteiger charge is 2.31. The Hall–Kier alpha value is -2.60. The standard InChI is InChI=1S/C23H24N2O3S/c26-22(25-11-3-7-20(25)21-8-4-12-29-21)14-28-23(27)15-9-10-19-17(13-15)16-5-1-2-6-18(16)24-19/h4,8-10,12-13,20,24H,1-3,5-7,11,14H2. The molecule has 2 aromatic heterocycles. The lowest BCUT2D eigenvalue weighted by molar-refractivity contribution is -0.135. The van der Waals surface area contributed by atoms with Crippen LogP contribution < -0.4 is 0 Å². The zero-order valence-electron chi connectivity index (χ0n) is 16.3. The van der Waals surface area contributed by atoms with Gasteiger partial charge in [0.25, 0.3) is 5.91 Å². The summed E-state index contributed by atoms with van der Waals surface area (Å²) in [5.41, 5.74) is 4.20. The number of aromatic nitrogens is 1. The van der Waals surface area contributed by atoms with Crippen molar-refractivity contribution in [1.82, 2.24) is 9.88 Å². The van der Waals surface area contributed by atoms with Crippen molar-refractivity contribution in [2.45, 2.75) is 44.6 Å². The summed E-state index contributed by atoms with van der Waals surface area (Å²) in [5.74, 6) is -0.549. The Morgan fingerprint density at radius 2 is 2.07 bits per heavy atom. The number of aromatic amines is 1. The molecule has 0 spiro atoms. The van der Waals surface area contributed by atoms with Crippen LogP contribution in [0.2, 0.25) is 0 Å². The molecule has 3 heterocycles. The number of carbonyl (C=O) groups is 2. The third-order valence-electron chi connectivity index (χ3n) is 6.11. The molecule has 1 N–H and O–H groups in total. The number of aryl methyl sites for hydroxylation is 2. The molecular formula is C23H24N2O3S. The predicted octanol–water partition coefficient (Wildman–Crippen LogP) is 4.63. The minimum Gasteiger partial charge on any atom is -0.452 e. The van der Waals surface area contributed by atoms with Crippen LogP contribution in [0.15, 0.2) is 35.7 Å². The predicted molar refractivity (Wildman–Crippen MR) is 113 cm³/mol. The van der Waals surface area contributed by atoms with Crippen LogP contribution >= 0.6 is 11.3 Å². The summed E-state index contributed by atoms with van der Waals surface area (Å²) in [6.45, 7) is 0.518. The van der Waals surface area contributed by atoms with Gasteiger partial charge in [0, 0.05) is 28.0 Å². The van der Waals surface area contributed by atoms with Crippen LogP contribution in [0.1, 0.15) is 58.2 Å². The first-order valence-electron chi connectivity index (χ1n) is 10.3. The highest BCUT2D eigenvalue weighted by atomic mass is 32.1. The van der Waals surface area contributed by atoms with Gasteiger partial charge in [-0.3, -0.25) is 4.79 Å². The molecule has 2 aliphatic rings. The highest BCUT2D eigenvalue weighted by Crippen LogP contribution is 2.34. The molecule has 1 aliphatic carbocycles. The van der Waals surface area contributed by atoms with E-state index in [0.717, 1.165) is 43.1 Å². The summed E-state index contributed by atoms with van der Waals surface area (Å²) in [6.07, 6.45) is 6.46. The second-order valence-corrected chi connectivity index (χ2v) is 8.87. The van der Waals surface area contributed by atoms with Crippen LogP contribution in [0, 0.1) is 0 Å². The zero-order chi connectivity index (χ0) is 19.8. The summed E-state index contributed by atoms with van der Waals surface area (Å²) in [5, 5.41) is 3.14. The molecule has 1 aromatic carbocycles. The second-order valence-electron chi connectivity index (χ2n) is 7.89. The van der Waals surface area contributed by atoms with E-state index >= 15 is 0 Å². The van der Waals surface area contributed by atoms with Crippen molar-refractivity contribution in [2.75, 3.05) is 13.2 Å². The fourth-order valence-electron chi connectivity index (χ4n) is 4.67. The van der Waals surface area contributed by atoms with Gasteiger partial charge in [0.05, 0.1) is 11.6 Å². The van der Waals surface area contributed by atoms with Gasteiger partial charge in [0.15, 0.2) is 6.61 Å². The smallest absolute Gasteiger partial charge is 0.338 e. The topological polar surface area (TPSA) is 62.4 Å². The second kappa shape index (κ2) is 7.67. The van der Waals surface area contributed by atoms with E-state index in [9.17, 15) is 9.59 Å². The van der Waals surface area contributed by atoms with E-state index < -0.39 is 5.97 Å². The molecule has 150 valence electrons. The number of carbonyl (C=O) groups excluding carboxylic acids is 2. The summed E-state index contributed by atoms with van der Waals surface area (Å²) in [7, 11) is 0. The maximum absolute atomic E-state index is 12.7. The molecule has 1 amide bonds. The lowest BCUT2D eigenvalue weighted by Gasteiger charge is -2.23. The molecule has 0 bridgehead atoms. The van der Waals surface area contributed by atoms with Gasteiger partial charge < -0.3 is 14.6 Å². The third-order valence-corrected chi connectivity index (χ3v) is 7.08. The number of ether oxygens (including phenoxy) is 1. The van der Waals surface area contributed by atoms with Crippen LogP contribution in [0.4, 0.5) is 0 Å². The van der Waals surface area contributed by atoms with Crippen molar-refractivity contribution in [1.29, 1.82) is 0 Å². The van der Waals surface area contributed by atoms with E-state index in [1.807, 2.05) is 28.5 Å². The molecule has 6 heteroatoms. The first-order chi connectivity index (χ1) is 14.2. The molecule has 5 rings (SSSR count). The van der Waals surface area contributed by atoms with E-state index in [-0.39, 0.29) is 18.6 Å².